The van der Waals surface area contributed by atoms with Crippen LogP contribution in [0.4, 0.5) is 11.5 Å². The van der Waals surface area contributed by atoms with E-state index in [1.54, 1.807) is 12.5 Å². The van der Waals surface area contributed by atoms with Gasteiger partial charge in [0.05, 0.1) is 18.3 Å². The van der Waals surface area contributed by atoms with Crippen molar-refractivity contribution < 1.29 is 4.42 Å². The third kappa shape index (κ3) is 3.27. The molecule has 0 aliphatic carbocycles. The van der Waals surface area contributed by atoms with Crippen molar-refractivity contribution >= 4 is 34.2 Å². The summed E-state index contributed by atoms with van der Waals surface area (Å²) in [7, 11) is 0. The maximum absolute atomic E-state index is 6.26. The lowest BCUT2D eigenvalue weighted by Gasteiger charge is -2.10. The molecule has 3 heterocycles. The number of hydrogen-bond donors (Lipinski definition) is 2. The molecule has 0 spiro atoms. The molecule has 0 amide bonds. The van der Waals surface area contributed by atoms with Crippen LogP contribution in [-0.2, 0) is 6.54 Å². The predicted octanol–water partition coefficient (Wildman–Crippen LogP) is 3.96. The Balaban J connectivity index is 1.61. The quantitative estimate of drug-likeness (QED) is 0.527. The molecule has 0 atom stereocenters. The van der Waals surface area contributed by atoms with Crippen LogP contribution < -0.4 is 11.1 Å². The number of furan rings is 1. The zero-order valence-electron chi connectivity index (χ0n) is 13.2. The van der Waals surface area contributed by atoms with E-state index in [2.05, 4.69) is 20.3 Å². The predicted molar refractivity (Wildman–Crippen MR) is 98.3 cm³/mol. The van der Waals surface area contributed by atoms with Crippen molar-refractivity contribution in [3.8, 4) is 0 Å². The van der Waals surface area contributed by atoms with Crippen molar-refractivity contribution in [1.82, 2.24) is 15.0 Å². The molecule has 6 nitrogen and oxygen atoms in total. The fourth-order valence-electron chi connectivity index (χ4n) is 2.45. The molecule has 3 aromatic heterocycles. The lowest BCUT2D eigenvalue weighted by atomic mass is 10.2. The van der Waals surface area contributed by atoms with E-state index in [-0.39, 0.29) is 0 Å². The number of nitrogens with zero attached hydrogens (tertiary/aromatic N) is 3. The summed E-state index contributed by atoms with van der Waals surface area (Å²) in [6, 6.07) is 13.7. The maximum Gasteiger partial charge on any atom is 0.154 e. The monoisotopic (exact) mass is 349 g/mol. The average Bonchev–Trinajstić information content (AvgIpc) is 3.16. The maximum atomic E-state index is 6.26. The average molecular weight is 349 g/mol. The minimum Gasteiger partial charge on any atom is -0.467 e. The third-order valence-corrected chi connectivity index (χ3v) is 4.73. The van der Waals surface area contributed by atoms with Gasteiger partial charge in [0.1, 0.15) is 22.8 Å². The molecule has 25 heavy (non-hydrogen) atoms. The Morgan fingerprint density at radius 2 is 1.96 bits per heavy atom. The largest absolute Gasteiger partial charge is 0.467 e. The summed E-state index contributed by atoms with van der Waals surface area (Å²) >= 11 is 1.48. The molecule has 1 aromatic carbocycles. The van der Waals surface area contributed by atoms with Gasteiger partial charge in [-0.1, -0.05) is 30.0 Å². The lowest BCUT2D eigenvalue weighted by molar-refractivity contribution is 0.518. The van der Waals surface area contributed by atoms with Gasteiger partial charge in [-0.3, -0.25) is 4.98 Å². The molecule has 4 rings (SSSR count). The number of nitrogens with one attached hydrogen (secondary N) is 1. The highest BCUT2D eigenvalue weighted by Crippen LogP contribution is 2.36. The molecule has 3 N–H and O–H groups in total. The second-order valence-electron chi connectivity index (χ2n) is 5.31. The molecule has 0 unspecified atom stereocenters. The summed E-state index contributed by atoms with van der Waals surface area (Å²) in [6.07, 6.45) is 4.92. The smallest absolute Gasteiger partial charge is 0.154 e. The molecule has 124 valence electrons. The molecule has 0 fully saturated rings. The highest BCUT2D eigenvalue weighted by molar-refractivity contribution is 7.99. The van der Waals surface area contributed by atoms with Crippen LogP contribution in [0, 0.1) is 0 Å². The first kappa shape index (κ1) is 15.5. The highest BCUT2D eigenvalue weighted by Gasteiger charge is 2.12. The molecule has 0 saturated carbocycles. The summed E-state index contributed by atoms with van der Waals surface area (Å²) < 4.78 is 5.31. The number of pyridine rings is 1. The number of benzene rings is 1. The summed E-state index contributed by atoms with van der Waals surface area (Å²) in [6.45, 7) is 0.508. The third-order valence-electron chi connectivity index (χ3n) is 3.66. The number of aromatic nitrogens is 3. The number of fused-ring (bicyclic) bond motifs is 1. The second kappa shape index (κ2) is 6.82. The number of para-hydroxylation sites is 1. The van der Waals surface area contributed by atoms with Crippen molar-refractivity contribution in [2.75, 3.05) is 11.1 Å². The Hall–Kier alpha value is -3.06. The van der Waals surface area contributed by atoms with Crippen LogP contribution in [0.3, 0.4) is 0 Å². The second-order valence-corrected chi connectivity index (χ2v) is 6.34. The first-order chi connectivity index (χ1) is 12.3. The van der Waals surface area contributed by atoms with E-state index < -0.39 is 0 Å². The van der Waals surface area contributed by atoms with E-state index in [1.807, 2.05) is 42.5 Å². The van der Waals surface area contributed by atoms with Crippen LogP contribution in [0.15, 0.2) is 75.6 Å². The van der Waals surface area contributed by atoms with E-state index >= 15 is 0 Å². The zero-order valence-corrected chi connectivity index (χ0v) is 14.0. The summed E-state index contributed by atoms with van der Waals surface area (Å²) in [5.74, 6) is 1.40. The van der Waals surface area contributed by atoms with E-state index in [4.69, 9.17) is 10.2 Å². The van der Waals surface area contributed by atoms with Crippen LogP contribution in [0.25, 0.3) is 10.9 Å². The molecule has 0 bridgehead atoms. The van der Waals surface area contributed by atoms with E-state index in [0.29, 0.717) is 23.1 Å². The number of rotatable bonds is 5. The van der Waals surface area contributed by atoms with Gasteiger partial charge in [-0.15, -0.1) is 0 Å². The van der Waals surface area contributed by atoms with E-state index in [0.717, 1.165) is 21.6 Å². The molecular formula is C18H15N5OS. The Morgan fingerprint density at radius 1 is 1.04 bits per heavy atom. The van der Waals surface area contributed by atoms with Crippen LogP contribution in [-0.4, -0.2) is 15.0 Å². The van der Waals surface area contributed by atoms with Crippen LogP contribution >= 0.6 is 11.8 Å². The van der Waals surface area contributed by atoms with Gasteiger partial charge in [0, 0.05) is 16.5 Å². The van der Waals surface area contributed by atoms with Crippen molar-refractivity contribution in [2.45, 2.75) is 16.5 Å². The van der Waals surface area contributed by atoms with Crippen molar-refractivity contribution in [3.05, 3.63) is 67.0 Å². The Kier molecular flexibility index (Phi) is 4.22. The summed E-state index contributed by atoms with van der Waals surface area (Å²) in [5.41, 5.74) is 7.69. The van der Waals surface area contributed by atoms with E-state index in [1.165, 1.54) is 18.1 Å². The molecule has 7 heteroatoms. The van der Waals surface area contributed by atoms with Crippen LogP contribution in [0.1, 0.15) is 5.76 Å². The van der Waals surface area contributed by atoms with Gasteiger partial charge in [0.2, 0.25) is 0 Å². The number of nitrogen functional groups attached to an aromatic ring is 1. The SMILES string of the molecule is Nc1c(NCc2ccco2)ncnc1Sc1cccc2cccnc12. The summed E-state index contributed by atoms with van der Waals surface area (Å²) in [4.78, 5) is 14.0. The van der Waals surface area contributed by atoms with Gasteiger partial charge in [-0.25, -0.2) is 9.97 Å². The zero-order chi connectivity index (χ0) is 17.1. The molecule has 0 radical (unpaired) electrons. The van der Waals surface area contributed by atoms with Gasteiger partial charge < -0.3 is 15.5 Å². The fourth-order valence-corrected chi connectivity index (χ4v) is 3.38. The minimum atomic E-state index is 0.506. The first-order valence-corrected chi connectivity index (χ1v) is 8.51. The lowest BCUT2D eigenvalue weighted by Crippen LogP contribution is -2.06. The van der Waals surface area contributed by atoms with Crippen molar-refractivity contribution in [3.63, 3.8) is 0 Å². The molecule has 0 saturated heterocycles. The molecule has 4 aromatic rings. The number of nitrogens with two attached hydrogens (primary N) is 1. The van der Waals surface area contributed by atoms with Gasteiger partial charge in [0.15, 0.2) is 5.82 Å². The Labute approximate surface area is 148 Å². The fraction of sp³-hybridized carbons (Fsp3) is 0.0556. The number of hydrogen-bond acceptors (Lipinski definition) is 7. The van der Waals surface area contributed by atoms with Crippen LogP contribution in [0.5, 0.6) is 0 Å². The minimum absolute atomic E-state index is 0.506. The molecule has 0 aliphatic heterocycles. The van der Waals surface area contributed by atoms with Gasteiger partial charge in [0.25, 0.3) is 0 Å². The van der Waals surface area contributed by atoms with Crippen molar-refractivity contribution in [2.24, 2.45) is 0 Å². The Morgan fingerprint density at radius 3 is 2.84 bits per heavy atom. The number of anilines is 2. The van der Waals surface area contributed by atoms with E-state index in [9.17, 15) is 0 Å². The highest BCUT2D eigenvalue weighted by atomic mass is 32.2. The van der Waals surface area contributed by atoms with Crippen molar-refractivity contribution in [1.29, 1.82) is 0 Å². The van der Waals surface area contributed by atoms with Gasteiger partial charge in [-0.05, 0) is 24.3 Å². The summed E-state index contributed by atoms with van der Waals surface area (Å²) in [5, 5.41) is 4.95. The molecular weight excluding hydrogens is 334 g/mol. The molecule has 0 aliphatic rings. The standard InChI is InChI=1S/C18H15N5OS/c19-15-17(21-10-13-6-3-9-24-13)22-11-23-18(15)25-14-7-1-4-12-5-2-8-20-16(12)14/h1-9,11H,10,19H2,(H,21,22,23). The first-order valence-electron chi connectivity index (χ1n) is 7.69. The van der Waals surface area contributed by atoms with Gasteiger partial charge in [-0.2, -0.15) is 0 Å². The normalized spacial score (nSPS) is 10.9. The topological polar surface area (TPSA) is 89.9 Å². The van der Waals surface area contributed by atoms with Gasteiger partial charge >= 0.3 is 0 Å². The van der Waals surface area contributed by atoms with Crippen LogP contribution in [0.2, 0.25) is 0 Å². The Bertz CT molecular complexity index is 998.